The van der Waals surface area contributed by atoms with Crippen LogP contribution in [0.3, 0.4) is 0 Å². The number of alkyl halides is 3. The SMILES string of the molecule is CCN(Cc1cc(C(F)(F)F)ccc1-c1ccccc1OC)C(=O)NCc1ccccn1. The summed E-state index contributed by atoms with van der Waals surface area (Å²) in [5, 5.41) is 2.77. The summed E-state index contributed by atoms with van der Waals surface area (Å²) in [6, 6.07) is 15.6. The fraction of sp³-hybridized carbons (Fsp3) is 0.250. The van der Waals surface area contributed by atoms with E-state index in [2.05, 4.69) is 10.3 Å². The molecule has 0 unspecified atom stereocenters. The van der Waals surface area contributed by atoms with E-state index in [9.17, 15) is 18.0 Å². The lowest BCUT2D eigenvalue weighted by atomic mass is 9.96. The molecule has 0 aliphatic heterocycles. The van der Waals surface area contributed by atoms with Gasteiger partial charge in [-0.15, -0.1) is 0 Å². The first-order valence-electron chi connectivity index (χ1n) is 10.1. The Morgan fingerprint density at radius 2 is 1.81 bits per heavy atom. The molecule has 0 spiro atoms. The Kier molecular flexibility index (Phi) is 7.35. The van der Waals surface area contributed by atoms with Crippen molar-refractivity contribution in [3.63, 3.8) is 0 Å². The number of pyridine rings is 1. The number of benzene rings is 2. The number of hydrogen-bond acceptors (Lipinski definition) is 3. The van der Waals surface area contributed by atoms with E-state index in [0.717, 1.165) is 12.1 Å². The monoisotopic (exact) mass is 443 g/mol. The van der Waals surface area contributed by atoms with Crippen LogP contribution in [0.25, 0.3) is 11.1 Å². The van der Waals surface area contributed by atoms with E-state index in [4.69, 9.17) is 4.74 Å². The number of aromatic nitrogens is 1. The van der Waals surface area contributed by atoms with Gasteiger partial charge in [-0.2, -0.15) is 13.2 Å². The van der Waals surface area contributed by atoms with Crippen molar-refractivity contribution in [1.29, 1.82) is 0 Å². The standard InChI is InChI=1S/C24H24F3N3O2/c1-3-30(23(31)29-15-19-8-6-7-13-28-19)16-17-14-18(24(25,26)27)11-12-20(17)21-9-4-5-10-22(21)32-2/h4-14H,3,15-16H2,1-2H3,(H,29,31). The molecule has 0 saturated heterocycles. The van der Waals surface area contributed by atoms with Crippen LogP contribution in [0.15, 0.2) is 66.9 Å². The van der Waals surface area contributed by atoms with Gasteiger partial charge in [0.15, 0.2) is 0 Å². The molecule has 1 aromatic heterocycles. The van der Waals surface area contributed by atoms with Crippen LogP contribution in [0.2, 0.25) is 0 Å². The van der Waals surface area contributed by atoms with Crippen molar-refractivity contribution in [2.24, 2.45) is 0 Å². The van der Waals surface area contributed by atoms with Crippen LogP contribution in [0.4, 0.5) is 18.0 Å². The summed E-state index contributed by atoms with van der Waals surface area (Å²) < 4.78 is 45.6. The second-order valence-corrected chi connectivity index (χ2v) is 7.06. The molecular formula is C24H24F3N3O2. The Morgan fingerprint density at radius 3 is 2.47 bits per heavy atom. The van der Waals surface area contributed by atoms with Crippen LogP contribution >= 0.6 is 0 Å². The van der Waals surface area contributed by atoms with E-state index < -0.39 is 11.7 Å². The van der Waals surface area contributed by atoms with Crippen LogP contribution in [0.1, 0.15) is 23.7 Å². The van der Waals surface area contributed by atoms with Gasteiger partial charge in [0.25, 0.3) is 0 Å². The van der Waals surface area contributed by atoms with Gasteiger partial charge in [-0.1, -0.05) is 30.3 Å². The lowest BCUT2D eigenvalue weighted by Crippen LogP contribution is -2.39. The summed E-state index contributed by atoms with van der Waals surface area (Å²) >= 11 is 0. The number of urea groups is 1. The van der Waals surface area contributed by atoms with Gasteiger partial charge >= 0.3 is 12.2 Å². The summed E-state index contributed by atoms with van der Waals surface area (Å²) in [7, 11) is 1.51. The minimum Gasteiger partial charge on any atom is -0.496 e. The number of carbonyl (C=O) groups is 1. The van der Waals surface area contributed by atoms with Gasteiger partial charge in [0.2, 0.25) is 0 Å². The van der Waals surface area contributed by atoms with Gasteiger partial charge in [0.05, 0.1) is 24.9 Å². The molecule has 0 fully saturated rings. The van der Waals surface area contributed by atoms with Crippen molar-refractivity contribution < 1.29 is 22.7 Å². The highest BCUT2D eigenvalue weighted by Gasteiger charge is 2.31. The average Bonchev–Trinajstić information content (AvgIpc) is 2.81. The number of halogens is 3. The van der Waals surface area contributed by atoms with Gasteiger partial charge in [0, 0.05) is 24.8 Å². The van der Waals surface area contributed by atoms with Crippen molar-refractivity contribution in [2.75, 3.05) is 13.7 Å². The second kappa shape index (κ2) is 10.2. The first kappa shape index (κ1) is 23.1. The van der Waals surface area contributed by atoms with E-state index in [1.807, 2.05) is 6.07 Å². The topological polar surface area (TPSA) is 54.5 Å². The van der Waals surface area contributed by atoms with Gasteiger partial charge in [-0.05, 0) is 48.4 Å². The van der Waals surface area contributed by atoms with E-state index >= 15 is 0 Å². The zero-order chi connectivity index (χ0) is 23.1. The number of hydrogen-bond donors (Lipinski definition) is 1. The van der Waals surface area contributed by atoms with E-state index in [1.165, 1.54) is 18.1 Å². The molecule has 0 aliphatic carbocycles. The Hall–Kier alpha value is -3.55. The molecule has 3 rings (SSSR count). The summed E-state index contributed by atoms with van der Waals surface area (Å²) in [5.74, 6) is 0.538. The van der Waals surface area contributed by atoms with Crippen molar-refractivity contribution in [3.05, 3.63) is 83.7 Å². The molecule has 0 bridgehead atoms. The quantitative estimate of drug-likeness (QED) is 0.524. The van der Waals surface area contributed by atoms with Crippen LogP contribution in [0, 0.1) is 0 Å². The average molecular weight is 443 g/mol. The lowest BCUT2D eigenvalue weighted by Gasteiger charge is -2.24. The highest BCUT2D eigenvalue weighted by Crippen LogP contribution is 2.37. The van der Waals surface area contributed by atoms with E-state index in [1.54, 1.807) is 49.5 Å². The molecule has 168 valence electrons. The van der Waals surface area contributed by atoms with Crippen LogP contribution < -0.4 is 10.1 Å². The zero-order valence-corrected chi connectivity index (χ0v) is 17.8. The van der Waals surface area contributed by atoms with Crippen LogP contribution in [0.5, 0.6) is 5.75 Å². The highest BCUT2D eigenvalue weighted by molar-refractivity contribution is 5.76. The maximum atomic E-state index is 13.4. The molecule has 1 N–H and O–H groups in total. The number of nitrogens with one attached hydrogen (secondary N) is 1. The number of amides is 2. The normalized spacial score (nSPS) is 11.2. The van der Waals surface area contributed by atoms with Gasteiger partial charge in [0.1, 0.15) is 5.75 Å². The third-order valence-electron chi connectivity index (χ3n) is 5.01. The third-order valence-corrected chi connectivity index (χ3v) is 5.01. The van der Waals surface area contributed by atoms with E-state index in [-0.39, 0.29) is 19.1 Å². The van der Waals surface area contributed by atoms with Gasteiger partial charge in [-0.3, -0.25) is 4.98 Å². The molecule has 0 saturated carbocycles. The molecular weight excluding hydrogens is 419 g/mol. The fourth-order valence-corrected chi connectivity index (χ4v) is 3.34. The first-order valence-corrected chi connectivity index (χ1v) is 10.1. The minimum absolute atomic E-state index is 0.00184. The molecule has 5 nitrogen and oxygen atoms in total. The summed E-state index contributed by atoms with van der Waals surface area (Å²) in [4.78, 5) is 18.4. The first-order chi connectivity index (χ1) is 15.3. The molecule has 8 heteroatoms. The largest absolute Gasteiger partial charge is 0.496 e. The van der Waals surface area contributed by atoms with Crippen LogP contribution in [-0.2, 0) is 19.3 Å². The third kappa shape index (κ3) is 5.57. The Morgan fingerprint density at radius 1 is 1.06 bits per heavy atom. The van der Waals surface area contributed by atoms with Gasteiger partial charge in [-0.25, -0.2) is 4.79 Å². The molecule has 2 aromatic carbocycles. The van der Waals surface area contributed by atoms with Crippen molar-refractivity contribution in [2.45, 2.75) is 26.2 Å². The van der Waals surface area contributed by atoms with Crippen LogP contribution in [-0.4, -0.2) is 29.6 Å². The predicted octanol–water partition coefficient (Wildman–Crippen LogP) is 5.51. The number of para-hydroxylation sites is 1. The Labute approximate surface area is 184 Å². The summed E-state index contributed by atoms with van der Waals surface area (Å²) in [6.07, 6.45) is -2.87. The second-order valence-electron chi connectivity index (χ2n) is 7.06. The number of methoxy groups -OCH3 is 1. The van der Waals surface area contributed by atoms with Crippen molar-refractivity contribution >= 4 is 6.03 Å². The number of nitrogens with zero attached hydrogens (tertiary/aromatic N) is 2. The lowest BCUT2D eigenvalue weighted by molar-refractivity contribution is -0.137. The molecule has 0 aliphatic rings. The van der Waals surface area contributed by atoms with Gasteiger partial charge < -0.3 is 15.0 Å². The van der Waals surface area contributed by atoms with E-state index in [0.29, 0.717) is 34.7 Å². The number of ether oxygens (including phenoxy) is 1. The Balaban J connectivity index is 1.91. The maximum Gasteiger partial charge on any atom is 0.416 e. The summed E-state index contributed by atoms with van der Waals surface area (Å²) in [5.41, 5.74) is 1.52. The molecule has 32 heavy (non-hydrogen) atoms. The minimum atomic E-state index is -4.49. The summed E-state index contributed by atoms with van der Waals surface area (Å²) in [6.45, 7) is 2.31. The molecule has 0 atom stereocenters. The number of carbonyl (C=O) groups excluding carboxylic acids is 1. The number of rotatable bonds is 7. The maximum absolute atomic E-state index is 13.4. The predicted molar refractivity (Wildman–Crippen MR) is 116 cm³/mol. The molecule has 3 aromatic rings. The van der Waals surface area contributed by atoms with Crippen molar-refractivity contribution in [3.8, 4) is 16.9 Å². The Bertz CT molecular complexity index is 1060. The fourth-order valence-electron chi connectivity index (χ4n) is 3.34. The van der Waals surface area contributed by atoms with Crippen molar-refractivity contribution in [1.82, 2.24) is 15.2 Å². The molecule has 0 radical (unpaired) electrons. The zero-order valence-electron chi connectivity index (χ0n) is 17.8. The molecule has 1 heterocycles. The highest BCUT2D eigenvalue weighted by atomic mass is 19.4. The smallest absolute Gasteiger partial charge is 0.416 e. The molecule has 2 amide bonds.